The molecule has 0 N–H and O–H groups in total. The SMILES string of the molecule is CC1=CCP2(c3ccc(C(C)C)cc3)(O1)Oc1ccccc1O2. The Kier molecular flexibility index (Phi) is 3.01. The third-order valence-electron chi connectivity index (χ3n) is 4.50. The second-order valence-electron chi connectivity index (χ2n) is 6.51. The first-order valence-electron chi connectivity index (χ1n) is 7.99. The first kappa shape index (κ1) is 14.6. The van der Waals surface area contributed by atoms with Crippen molar-refractivity contribution in [2.45, 2.75) is 26.7 Å². The fourth-order valence-corrected chi connectivity index (χ4v) is 7.11. The van der Waals surface area contributed by atoms with E-state index in [9.17, 15) is 0 Å². The summed E-state index contributed by atoms with van der Waals surface area (Å²) < 4.78 is 19.2. The van der Waals surface area contributed by atoms with Gasteiger partial charge < -0.3 is 0 Å². The van der Waals surface area contributed by atoms with Crippen molar-refractivity contribution in [3.8, 4) is 11.5 Å². The van der Waals surface area contributed by atoms with Gasteiger partial charge in [0.2, 0.25) is 0 Å². The molecule has 0 saturated heterocycles. The van der Waals surface area contributed by atoms with E-state index in [0.717, 1.165) is 22.6 Å². The minimum atomic E-state index is -3.41. The molecule has 2 aromatic carbocycles. The Labute approximate surface area is 137 Å². The van der Waals surface area contributed by atoms with Crippen LogP contribution in [-0.2, 0) is 4.52 Å². The van der Waals surface area contributed by atoms with Crippen molar-refractivity contribution in [3.05, 3.63) is 65.9 Å². The normalized spacial score (nSPS) is 21.6. The molecule has 0 bridgehead atoms. The van der Waals surface area contributed by atoms with E-state index < -0.39 is 7.28 Å². The summed E-state index contributed by atoms with van der Waals surface area (Å²) in [5, 5.41) is 1.00. The van der Waals surface area contributed by atoms with E-state index in [2.05, 4.69) is 44.2 Å². The Bertz CT molecular complexity index is 768. The quantitative estimate of drug-likeness (QED) is 0.715. The third-order valence-corrected chi connectivity index (χ3v) is 8.39. The van der Waals surface area contributed by atoms with Crippen LogP contribution in [0.3, 0.4) is 0 Å². The van der Waals surface area contributed by atoms with E-state index >= 15 is 0 Å². The van der Waals surface area contributed by atoms with Crippen molar-refractivity contribution in [1.29, 1.82) is 0 Å². The van der Waals surface area contributed by atoms with Crippen LogP contribution in [0.15, 0.2) is 60.4 Å². The summed E-state index contributed by atoms with van der Waals surface area (Å²) >= 11 is 0. The maximum absolute atomic E-state index is 6.43. The van der Waals surface area contributed by atoms with E-state index in [1.807, 2.05) is 31.2 Å². The van der Waals surface area contributed by atoms with Gasteiger partial charge in [-0.25, -0.2) is 0 Å². The molecule has 2 aliphatic rings. The van der Waals surface area contributed by atoms with Crippen molar-refractivity contribution in [1.82, 2.24) is 0 Å². The molecule has 4 rings (SSSR count). The minimum absolute atomic E-state index is 0.491. The summed E-state index contributed by atoms with van der Waals surface area (Å²) in [7, 11) is -3.41. The predicted octanol–water partition coefficient (Wildman–Crippen LogP) is 5.14. The number of para-hydroxylation sites is 2. The molecule has 2 aliphatic heterocycles. The molecule has 2 aromatic rings. The van der Waals surface area contributed by atoms with Crippen molar-refractivity contribution in [2.75, 3.05) is 6.16 Å². The number of benzene rings is 2. The van der Waals surface area contributed by atoms with Crippen LogP contribution < -0.4 is 14.4 Å². The Hall–Kier alpha value is -1.99. The number of allylic oxidation sites excluding steroid dienone is 2. The molecule has 0 aliphatic carbocycles. The topological polar surface area (TPSA) is 27.7 Å². The van der Waals surface area contributed by atoms with Gasteiger partial charge in [-0.3, -0.25) is 0 Å². The molecule has 23 heavy (non-hydrogen) atoms. The number of hydrogen-bond donors (Lipinski definition) is 0. The van der Waals surface area contributed by atoms with Crippen molar-refractivity contribution in [2.24, 2.45) is 0 Å². The van der Waals surface area contributed by atoms with Crippen LogP contribution in [0, 0.1) is 0 Å². The van der Waals surface area contributed by atoms with Crippen molar-refractivity contribution >= 4 is 12.6 Å². The molecule has 0 radical (unpaired) electrons. The molecular formula is C19H21O3P. The van der Waals surface area contributed by atoms with Crippen LogP contribution in [0.2, 0.25) is 0 Å². The molecule has 0 atom stereocenters. The number of fused-ring (bicyclic) bond motifs is 1. The monoisotopic (exact) mass is 328 g/mol. The van der Waals surface area contributed by atoms with E-state index in [1.165, 1.54) is 5.56 Å². The summed E-state index contributed by atoms with van der Waals surface area (Å²) in [4.78, 5) is 0. The molecular weight excluding hydrogens is 307 g/mol. The molecule has 0 unspecified atom stereocenters. The second kappa shape index (κ2) is 4.75. The Morgan fingerprint density at radius 1 is 0.870 bits per heavy atom. The molecule has 1 spiro atoms. The fraction of sp³-hybridized carbons (Fsp3) is 0.263. The average molecular weight is 328 g/mol. The maximum atomic E-state index is 6.43. The molecule has 120 valence electrons. The summed E-state index contributed by atoms with van der Waals surface area (Å²) in [6.45, 7) is 6.34. The van der Waals surface area contributed by atoms with Gasteiger partial charge in [0.1, 0.15) is 0 Å². The third kappa shape index (κ3) is 2.07. The summed E-state index contributed by atoms with van der Waals surface area (Å²) in [6.07, 6.45) is 2.72. The second-order valence-corrected chi connectivity index (χ2v) is 10.0. The van der Waals surface area contributed by atoms with E-state index in [0.29, 0.717) is 12.1 Å². The van der Waals surface area contributed by atoms with Crippen molar-refractivity contribution in [3.63, 3.8) is 0 Å². The first-order chi connectivity index (χ1) is 11.0. The Balaban J connectivity index is 1.83. The molecule has 3 nitrogen and oxygen atoms in total. The average Bonchev–Trinajstić information content (AvgIpc) is 3.06. The van der Waals surface area contributed by atoms with Gasteiger partial charge in [0.05, 0.1) is 0 Å². The fourth-order valence-electron chi connectivity index (χ4n) is 3.19. The van der Waals surface area contributed by atoms with Crippen LogP contribution in [0.25, 0.3) is 0 Å². The number of hydrogen-bond acceptors (Lipinski definition) is 3. The van der Waals surface area contributed by atoms with E-state index in [-0.39, 0.29) is 0 Å². The van der Waals surface area contributed by atoms with E-state index in [4.69, 9.17) is 13.6 Å². The summed E-state index contributed by atoms with van der Waals surface area (Å²) in [5.41, 5.74) is 1.30. The molecule has 0 fully saturated rings. The van der Waals surface area contributed by atoms with Gasteiger partial charge in [-0.2, -0.15) is 0 Å². The van der Waals surface area contributed by atoms with Gasteiger partial charge >= 0.3 is 136 Å². The molecule has 2 heterocycles. The van der Waals surface area contributed by atoms with Crippen LogP contribution in [0.1, 0.15) is 32.3 Å². The summed E-state index contributed by atoms with van der Waals surface area (Å²) in [5.74, 6) is 2.89. The molecule has 0 aromatic heterocycles. The first-order valence-corrected chi connectivity index (χ1v) is 10.2. The van der Waals surface area contributed by atoms with Crippen LogP contribution in [0.5, 0.6) is 11.5 Å². The van der Waals surface area contributed by atoms with Gasteiger partial charge in [0.25, 0.3) is 0 Å². The van der Waals surface area contributed by atoms with Crippen LogP contribution in [0.4, 0.5) is 0 Å². The predicted molar refractivity (Wildman–Crippen MR) is 94.5 cm³/mol. The molecule has 0 saturated carbocycles. The van der Waals surface area contributed by atoms with Gasteiger partial charge in [-0.15, -0.1) is 0 Å². The van der Waals surface area contributed by atoms with E-state index in [1.54, 1.807) is 0 Å². The van der Waals surface area contributed by atoms with Gasteiger partial charge in [-0.05, 0) is 0 Å². The van der Waals surface area contributed by atoms with Crippen LogP contribution in [-0.4, -0.2) is 6.16 Å². The van der Waals surface area contributed by atoms with Crippen molar-refractivity contribution < 1.29 is 13.6 Å². The molecule has 0 amide bonds. The number of rotatable bonds is 2. The zero-order chi connectivity index (χ0) is 16.1. The van der Waals surface area contributed by atoms with Gasteiger partial charge in [-0.1, -0.05) is 0 Å². The van der Waals surface area contributed by atoms with Crippen LogP contribution >= 0.6 is 7.28 Å². The zero-order valence-corrected chi connectivity index (χ0v) is 14.5. The van der Waals surface area contributed by atoms with Gasteiger partial charge in [0.15, 0.2) is 0 Å². The Morgan fingerprint density at radius 3 is 1.96 bits per heavy atom. The standard InChI is InChI=1S/C19H21O3P/c1-14(2)16-8-10-17(11-9-16)23(13-12-15(3)20-23)21-18-6-4-5-7-19(18)22-23/h4-12,14H,13H2,1-3H3. The Morgan fingerprint density at radius 2 is 1.48 bits per heavy atom. The molecule has 4 heteroatoms. The van der Waals surface area contributed by atoms with Gasteiger partial charge in [0, 0.05) is 0 Å². The summed E-state index contributed by atoms with van der Waals surface area (Å²) in [6, 6.07) is 16.3. The zero-order valence-electron chi connectivity index (χ0n) is 13.7.